The Morgan fingerprint density at radius 2 is 2.14 bits per heavy atom. The molecule has 7 heteroatoms. The van der Waals surface area contributed by atoms with Crippen LogP contribution in [0.5, 0.6) is 0 Å². The molecule has 0 bridgehead atoms. The first kappa shape index (κ1) is 14.7. The van der Waals surface area contributed by atoms with Crippen molar-refractivity contribution in [2.24, 2.45) is 0 Å². The molecule has 7 nitrogen and oxygen atoms in total. The number of carboxylic acids is 1. The maximum absolute atomic E-state index is 11.2. The van der Waals surface area contributed by atoms with E-state index >= 15 is 0 Å². The number of benzene rings is 1. The van der Waals surface area contributed by atoms with Crippen molar-refractivity contribution in [2.75, 3.05) is 6.54 Å². The van der Waals surface area contributed by atoms with Gasteiger partial charge >= 0.3 is 5.97 Å². The topological polar surface area (TPSA) is 106 Å². The van der Waals surface area contributed by atoms with Gasteiger partial charge in [-0.3, -0.25) is 10.1 Å². The highest BCUT2D eigenvalue weighted by Crippen LogP contribution is 2.22. The fourth-order valence-electron chi connectivity index (χ4n) is 2.02. The molecule has 0 saturated heterocycles. The van der Waals surface area contributed by atoms with Gasteiger partial charge in [0.05, 0.1) is 11.2 Å². The second-order valence-corrected chi connectivity index (χ2v) is 4.38. The number of aromatic carboxylic acids is 1. The predicted molar refractivity (Wildman–Crippen MR) is 74.2 cm³/mol. The standard InChI is InChI=1S/C14H14N2O5/c17-14(18)13-10(3-1-5-12(13)16(19)20)9-15-7-6-11-4-2-8-21-11/h1-5,8,15H,6-7,9H2,(H,17,18). The molecule has 2 rings (SSSR count). The lowest BCUT2D eigenvalue weighted by atomic mass is 10.1. The Kier molecular flexibility index (Phi) is 4.68. The summed E-state index contributed by atoms with van der Waals surface area (Å²) in [6.45, 7) is 0.819. The van der Waals surface area contributed by atoms with Crippen LogP contribution in [0.4, 0.5) is 5.69 Å². The van der Waals surface area contributed by atoms with Gasteiger partial charge in [-0.1, -0.05) is 12.1 Å². The highest BCUT2D eigenvalue weighted by Gasteiger charge is 2.22. The van der Waals surface area contributed by atoms with E-state index in [1.807, 2.05) is 6.07 Å². The van der Waals surface area contributed by atoms with Crippen molar-refractivity contribution in [1.29, 1.82) is 0 Å². The van der Waals surface area contributed by atoms with Crippen LogP contribution in [0.2, 0.25) is 0 Å². The Balaban J connectivity index is 2.04. The lowest BCUT2D eigenvalue weighted by Crippen LogP contribution is -2.19. The molecule has 1 aromatic carbocycles. The van der Waals surface area contributed by atoms with Crippen LogP contribution < -0.4 is 5.32 Å². The van der Waals surface area contributed by atoms with E-state index in [0.717, 1.165) is 5.76 Å². The van der Waals surface area contributed by atoms with Crippen molar-refractivity contribution >= 4 is 11.7 Å². The van der Waals surface area contributed by atoms with Gasteiger partial charge < -0.3 is 14.8 Å². The first-order valence-corrected chi connectivity index (χ1v) is 6.32. The third-order valence-electron chi connectivity index (χ3n) is 2.98. The van der Waals surface area contributed by atoms with Crippen LogP contribution in [0.1, 0.15) is 21.7 Å². The van der Waals surface area contributed by atoms with E-state index in [4.69, 9.17) is 9.52 Å². The Hall–Kier alpha value is -2.67. The average molecular weight is 290 g/mol. The molecule has 1 aromatic heterocycles. The van der Waals surface area contributed by atoms with Gasteiger partial charge in [-0.05, 0) is 17.7 Å². The average Bonchev–Trinajstić information content (AvgIpc) is 2.96. The zero-order chi connectivity index (χ0) is 15.2. The number of nitrogens with one attached hydrogen (secondary N) is 1. The van der Waals surface area contributed by atoms with Crippen molar-refractivity contribution < 1.29 is 19.2 Å². The number of nitro benzene ring substituents is 1. The lowest BCUT2D eigenvalue weighted by Gasteiger charge is -2.07. The quantitative estimate of drug-likeness (QED) is 0.460. The Morgan fingerprint density at radius 3 is 2.76 bits per heavy atom. The molecule has 0 fully saturated rings. The number of hydrogen-bond donors (Lipinski definition) is 2. The molecular formula is C14H14N2O5. The number of carboxylic acid groups (broad SMARTS) is 1. The Morgan fingerprint density at radius 1 is 1.33 bits per heavy atom. The molecule has 0 radical (unpaired) electrons. The van der Waals surface area contributed by atoms with E-state index in [9.17, 15) is 14.9 Å². The number of carbonyl (C=O) groups is 1. The summed E-state index contributed by atoms with van der Waals surface area (Å²) in [7, 11) is 0. The lowest BCUT2D eigenvalue weighted by molar-refractivity contribution is -0.385. The van der Waals surface area contributed by atoms with Gasteiger partial charge in [0.15, 0.2) is 0 Å². The molecule has 1 heterocycles. The second-order valence-electron chi connectivity index (χ2n) is 4.38. The van der Waals surface area contributed by atoms with E-state index in [1.165, 1.54) is 12.1 Å². The smallest absolute Gasteiger partial charge is 0.343 e. The maximum atomic E-state index is 11.2. The summed E-state index contributed by atoms with van der Waals surface area (Å²) < 4.78 is 5.17. The van der Waals surface area contributed by atoms with Crippen molar-refractivity contribution in [3.05, 3.63) is 63.6 Å². The van der Waals surface area contributed by atoms with Gasteiger partial charge in [0.2, 0.25) is 0 Å². The Bertz CT molecular complexity index is 637. The minimum atomic E-state index is -1.30. The normalized spacial score (nSPS) is 10.5. The van der Waals surface area contributed by atoms with Crippen LogP contribution in [0, 0.1) is 10.1 Å². The second kappa shape index (κ2) is 6.67. The zero-order valence-corrected chi connectivity index (χ0v) is 11.1. The molecular weight excluding hydrogens is 276 g/mol. The zero-order valence-electron chi connectivity index (χ0n) is 11.1. The number of rotatable bonds is 7. The van der Waals surface area contributed by atoms with Crippen LogP contribution in [-0.2, 0) is 13.0 Å². The minimum Gasteiger partial charge on any atom is -0.477 e. The summed E-state index contributed by atoms with van der Waals surface area (Å²) in [5.41, 5.74) is -0.281. The van der Waals surface area contributed by atoms with Crippen molar-refractivity contribution in [2.45, 2.75) is 13.0 Å². The predicted octanol–water partition coefficient (Wildman–Crippen LogP) is 2.22. The molecule has 0 aliphatic heterocycles. The summed E-state index contributed by atoms with van der Waals surface area (Å²) in [5.74, 6) is -0.481. The van der Waals surface area contributed by atoms with Gasteiger partial charge in [0, 0.05) is 25.6 Å². The first-order chi connectivity index (χ1) is 10.1. The fraction of sp³-hybridized carbons (Fsp3) is 0.214. The molecule has 2 aromatic rings. The summed E-state index contributed by atoms with van der Waals surface area (Å²) in [6.07, 6.45) is 2.24. The molecule has 0 amide bonds. The van der Waals surface area contributed by atoms with Crippen molar-refractivity contribution in [3.8, 4) is 0 Å². The first-order valence-electron chi connectivity index (χ1n) is 6.32. The number of hydrogen-bond acceptors (Lipinski definition) is 5. The van der Waals surface area contributed by atoms with E-state index in [0.29, 0.717) is 18.5 Å². The summed E-state index contributed by atoms with van der Waals surface area (Å²) >= 11 is 0. The molecule has 110 valence electrons. The van der Waals surface area contributed by atoms with Crippen molar-refractivity contribution in [3.63, 3.8) is 0 Å². The van der Waals surface area contributed by atoms with Gasteiger partial charge in [-0.15, -0.1) is 0 Å². The molecule has 21 heavy (non-hydrogen) atoms. The minimum absolute atomic E-state index is 0.240. The van der Waals surface area contributed by atoms with Crippen LogP contribution in [0.25, 0.3) is 0 Å². The van der Waals surface area contributed by atoms with E-state index in [2.05, 4.69) is 5.32 Å². The molecule has 0 atom stereocenters. The van der Waals surface area contributed by atoms with Gasteiger partial charge in [-0.25, -0.2) is 4.79 Å². The van der Waals surface area contributed by atoms with Crippen molar-refractivity contribution in [1.82, 2.24) is 5.32 Å². The molecule has 0 saturated carbocycles. The largest absolute Gasteiger partial charge is 0.477 e. The SMILES string of the molecule is O=C(O)c1c(CNCCc2ccco2)cccc1[N+](=O)[O-]. The summed E-state index contributed by atoms with van der Waals surface area (Å²) in [5, 5.41) is 23.1. The highest BCUT2D eigenvalue weighted by molar-refractivity contribution is 5.94. The van der Waals surface area contributed by atoms with Crippen LogP contribution >= 0.6 is 0 Å². The van der Waals surface area contributed by atoms with Crippen LogP contribution in [0.3, 0.4) is 0 Å². The fourth-order valence-corrected chi connectivity index (χ4v) is 2.02. The van der Waals surface area contributed by atoms with Crippen LogP contribution in [0.15, 0.2) is 41.0 Å². The number of furan rings is 1. The van der Waals surface area contributed by atoms with Gasteiger partial charge in [0.1, 0.15) is 11.3 Å². The van der Waals surface area contributed by atoms with Gasteiger partial charge in [-0.2, -0.15) is 0 Å². The Labute approximate surface area is 120 Å². The third kappa shape index (κ3) is 3.67. The molecule has 0 aliphatic carbocycles. The molecule has 0 spiro atoms. The maximum Gasteiger partial charge on any atom is 0.343 e. The van der Waals surface area contributed by atoms with Crippen LogP contribution in [-0.4, -0.2) is 22.5 Å². The molecule has 0 aliphatic rings. The molecule has 2 N–H and O–H groups in total. The number of nitro groups is 1. The number of nitrogens with zero attached hydrogens (tertiary/aromatic N) is 1. The molecule has 0 unspecified atom stereocenters. The van der Waals surface area contributed by atoms with E-state index in [-0.39, 0.29) is 12.1 Å². The summed E-state index contributed by atoms with van der Waals surface area (Å²) in [4.78, 5) is 21.4. The third-order valence-corrected chi connectivity index (χ3v) is 2.98. The summed E-state index contributed by atoms with van der Waals surface area (Å²) in [6, 6.07) is 7.87. The highest BCUT2D eigenvalue weighted by atomic mass is 16.6. The van der Waals surface area contributed by atoms with E-state index < -0.39 is 16.6 Å². The van der Waals surface area contributed by atoms with E-state index in [1.54, 1.807) is 18.4 Å². The monoisotopic (exact) mass is 290 g/mol. The van der Waals surface area contributed by atoms with Gasteiger partial charge in [0.25, 0.3) is 5.69 Å².